The Hall–Kier alpha value is -0.620. The van der Waals surface area contributed by atoms with E-state index in [1.54, 1.807) is 16.2 Å². The van der Waals surface area contributed by atoms with Gasteiger partial charge in [-0.15, -0.1) is 11.3 Å². The number of hydrogen-bond acceptors (Lipinski definition) is 4. The van der Waals surface area contributed by atoms with Gasteiger partial charge >= 0.3 is 0 Å². The van der Waals surface area contributed by atoms with Gasteiger partial charge in [0.05, 0.1) is 17.5 Å². The van der Waals surface area contributed by atoms with Crippen LogP contribution in [0.3, 0.4) is 0 Å². The van der Waals surface area contributed by atoms with Crippen LogP contribution >= 0.6 is 22.9 Å². The lowest BCUT2D eigenvalue weighted by molar-refractivity contribution is -0.149. The maximum atomic E-state index is 10.4. The number of carbonyl (C=O) groups is 1. The lowest BCUT2D eigenvalue weighted by Gasteiger charge is -2.47. The summed E-state index contributed by atoms with van der Waals surface area (Å²) in [5.74, 6) is 0. The Morgan fingerprint density at radius 1 is 1.56 bits per heavy atom. The van der Waals surface area contributed by atoms with Gasteiger partial charge in [0.1, 0.15) is 5.60 Å². The second kappa shape index (κ2) is 6.02. The lowest BCUT2D eigenvalue weighted by Crippen LogP contribution is -2.68. The van der Waals surface area contributed by atoms with Gasteiger partial charge in [-0.2, -0.15) is 0 Å². The van der Waals surface area contributed by atoms with Crippen molar-refractivity contribution in [2.24, 2.45) is 0 Å². The quantitative estimate of drug-likeness (QED) is 0.797. The molecule has 2 saturated heterocycles. The maximum absolute atomic E-state index is 10.4. The summed E-state index contributed by atoms with van der Waals surface area (Å²) in [5, 5.41) is 3.15. The highest BCUT2D eigenvalue weighted by molar-refractivity contribution is 7.16. The molecule has 0 aliphatic carbocycles. The predicted molar refractivity (Wildman–Crippen MR) is 73.3 cm³/mol. The third-order valence-electron chi connectivity index (χ3n) is 3.03. The van der Waals surface area contributed by atoms with Crippen LogP contribution in [0.25, 0.3) is 0 Å². The second-order valence-electron chi connectivity index (χ2n) is 4.56. The third kappa shape index (κ3) is 3.45. The molecule has 0 atom stereocenters. The largest absolute Gasteiger partial charge is 0.369 e. The Bertz CT molecular complexity index is 390. The monoisotopic (exact) mass is 288 g/mol. The molecule has 6 heteroatoms. The first-order valence-corrected chi connectivity index (χ1v) is 7.09. The molecule has 1 amide bonds. The van der Waals surface area contributed by atoms with E-state index >= 15 is 0 Å². The summed E-state index contributed by atoms with van der Waals surface area (Å²) >= 11 is 7.19. The minimum Gasteiger partial charge on any atom is -0.369 e. The smallest absolute Gasteiger partial charge is 0.209 e. The Labute approximate surface area is 116 Å². The van der Waals surface area contributed by atoms with Gasteiger partial charge in [-0.05, 0) is 19.1 Å². The molecule has 1 aromatic rings. The fourth-order valence-electron chi connectivity index (χ4n) is 1.99. The average Bonchev–Trinajstić information content (AvgIpc) is 2.72. The zero-order valence-corrected chi connectivity index (χ0v) is 11.9. The molecule has 1 spiro atoms. The number of hydrogen-bond donors (Lipinski definition) is 1. The molecule has 0 unspecified atom stereocenters. The Morgan fingerprint density at radius 3 is 2.72 bits per heavy atom. The van der Waals surface area contributed by atoms with Crippen LogP contribution in [-0.2, 0) is 9.53 Å². The standard InChI is InChI=1S/C7H12N2O2.C5H5ClS/c10-6-9-1-2-11-7(5-9)3-8-4-7;1-4-2-3-5(6)7-4/h6,8H,1-5H2;2-3H,1H3. The summed E-state index contributed by atoms with van der Waals surface area (Å²) in [4.78, 5) is 13.5. The molecule has 4 nitrogen and oxygen atoms in total. The molecule has 1 N–H and O–H groups in total. The van der Waals surface area contributed by atoms with Gasteiger partial charge in [0.2, 0.25) is 6.41 Å². The fraction of sp³-hybridized carbons (Fsp3) is 0.583. The van der Waals surface area contributed by atoms with Crippen LogP contribution in [0.1, 0.15) is 4.88 Å². The van der Waals surface area contributed by atoms with Crippen LogP contribution in [-0.4, -0.2) is 49.7 Å². The van der Waals surface area contributed by atoms with Gasteiger partial charge in [0.25, 0.3) is 0 Å². The van der Waals surface area contributed by atoms with Crippen molar-refractivity contribution in [3.05, 3.63) is 21.3 Å². The van der Waals surface area contributed by atoms with Crippen molar-refractivity contribution < 1.29 is 9.53 Å². The molecule has 1 aromatic heterocycles. The number of nitrogens with one attached hydrogen (secondary N) is 1. The van der Waals surface area contributed by atoms with Gasteiger partial charge in [0.15, 0.2) is 0 Å². The van der Waals surface area contributed by atoms with Crippen LogP contribution in [0.2, 0.25) is 4.34 Å². The van der Waals surface area contributed by atoms with E-state index in [-0.39, 0.29) is 5.60 Å². The molecule has 100 valence electrons. The van der Waals surface area contributed by atoms with Gasteiger partial charge in [-0.25, -0.2) is 0 Å². The molecular formula is C12H17ClN2O2S. The van der Waals surface area contributed by atoms with E-state index in [1.807, 2.05) is 19.1 Å². The molecule has 0 bridgehead atoms. The summed E-state index contributed by atoms with van der Waals surface area (Å²) in [5.41, 5.74) is -0.0425. The van der Waals surface area contributed by atoms with Crippen molar-refractivity contribution in [1.29, 1.82) is 0 Å². The second-order valence-corrected chi connectivity index (χ2v) is 6.48. The SMILES string of the molecule is Cc1ccc(Cl)s1.O=CN1CCOC2(CNC2)C1. The molecule has 0 aromatic carbocycles. The number of rotatable bonds is 1. The summed E-state index contributed by atoms with van der Waals surface area (Å²) in [7, 11) is 0. The van der Waals surface area contributed by atoms with Crippen LogP contribution in [0.5, 0.6) is 0 Å². The van der Waals surface area contributed by atoms with Crippen molar-refractivity contribution in [2.45, 2.75) is 12.5 Å². The molecule has 18 heavy (non-hydrogen) atoms. The number of morpholine rings is 1. The van der Waals surface area contributed by atoms with Gasteiger partial charge in [0, 0.05) is 24.5 Å². The highest BCUT2D eigenvalue weighted by atomic mass is 35.5. The highest BCUT2D eigenvalue weighted by Gasteiger charge is 2.41. The topological polar surface area (TPSA) is 41.6 Å². The van der Waals surface area contributed by atoms with Gasteiger partial charge in [-0.3, -0.25) is 4.79 Å². The zero-order valence-electron chi connectivity index (χ0n) is 10.3. The van der Waals surface area contributed by atoms with E-state index in [2.05, 4.69) is 5.32 Å². The van der Waals surface area contributed by atoms with Crippen molar-refractivity contribution in [1.82, 2.24) is 10.2 Å². The van der Waals surface area contributed by atoms with E-state index in [4.69, 9.17) is 16.3 Å². The predicted octanol–water partition coefficient (Wildman–Crippen LogP) is 1.53. The van der Waals surface area contributed by atoms with Crippen LogP contribution in [0.15, 0.2) is 12.1 Å². The first-order valence-electron chi connectivity index (χ1n) is 5.89. The average molecular weight is 289 g/mol. The molecule has 3 heterocycles. The van der Waals surface area contributed by atoms with Crippen molar-refractivity contribution >= 4 is 29.3 Å². The molecule has 2 fully saturated rings. The summed E-state index contributed by atoms with van der Waals surface area (Å²) in [6, 6.07) is 3.91. The van der Waals surface area contributed by atoms with Crippen LogP contribution in [0.4, 0.5) is 0 Å². The molecule has 2 aliphatic rings. The normalized spacial score (nSPS) is 20.9. The maximum Gasteiger partial charge on any atom is 0.209 e. The minimum absolute atomic E-state index is 0.0425. The van der Waals surface area contributed by atoms with Crippen molar-refractivity contribution in [3.8, 4) is 0 Å². The third-order valence-corrected chi connectivity index (χ3v) is 4.18. The fourth-order valence-corrected chi connectivity index (χ4v) is 2.99. The number of amides is 1. The Morgan fingerprint density at radius 2 is 2.33 bits per heavy atom. The number of nitrogens with zero attached hydrogens (tertiary/aromatic N) is 1. The highest BCUT2D eigenvalue weighted by Crippen LogP contribution is 2.21. The number of ether oxygens (including phenoxy) is 1. The van der Waals surface area contributed by atoms with Crippen molar-refractivity contribution in [3.63, 3.8) is 0 Å². The van der Waals surface area contributed by atoms with Crippen LogP contribution in [0, 0.1) is 6.92 Å². The Kier molecular flexibility index (Phi) is 4.61. The van der Waals surface area contributed by atoms with Gasteiger partial charge in [-0.1, -0.05) is 11.6 Å². The van der Waals surface area contributed by atoms with E-state index in [9.17, 15) is 4.79 Å². The zero-order chi connectivity index (χ0) is 13.0. The van der Waals surface area contributed by atoms with Gasteiger partial charge < -0.3 is 15.0 Å². The molecule has 3 rings (SSSR count). The molecule has 0 radical (unpaired) electrons. The molecule has 2 aliphatic heterocycles. The number of thiophene rings is 1. The first-order chi connectivity index (χ1) is 8.63. The number of carbonyl (C=O) groups excluding carboxylic acids is 1. The molecule has 0 saturated carbocycles. The molecular weight excluding hydrogens is 272 g/mol. The van der Waals surface area contributed by atoms with E-state index in [1.165, 1.54) is 4.88 Å². The summed E-state index contributed by atoms with van der Waals surface area (Å²) in [6.07, 6.45) is 0.905. The van der Waals surface area contributed by atoms with Crippen molar-refractivity contribution in [2.75, 3.05) is 32.8 Å². The minimum atomic E-state index is -0.0425. The Balaban J connectivity index is 0.000000149. The number of aryl methyl sites for hydroxylation is 1. The first kappa shape index (κ1) is 13.8. The van der Waals surface area contributed by atoms with E-state index in [0.29, 0.717) is 6.61 Å². The van der Waals surface area contributed by atoms with Crippen LogP contribution < -0.4 is 5.32 Å². The lowest BCUT2D eigenvalue weighted by atomic mass is 9.95. The number of halogens is 1. The summed E-state index contributed by atoms with van der Waals surface area (Å²) in [6.45, 7) is 5.99. The van der Waals surface area contributed by atoms with E-state index in [0.717, 1.165) is 36.9 Å². The van der Waals surface area contributed by atoms with E-state index < -0.39 is 0 Å². The summed E-state index contributed by atoms with van der Waals surface area (Å²) < 4.78 is 6.44.